The molecule has 0 radical (unpaired) electrons. The van der Waals surface area contributed by atoms with Crippen molar-refractivity contribution in [1.29, 1.82) is 0 Å². The van der Waals surface area contributed by atoms with Gasteiger partial charge in [-0.15, -0.1) is 5.10 Å². The predicted molar refractivity (Wildman–Crippen MR) is 46.2 cm³/mol. The van der Waals surface area contributed by atoms with Crippen LogP contribution in [0.1, 0.15) is 4.11 Å². The molecule has 1 heterocycles. The van der Waals surface area contributed by atoms with Gasteiger partial charge >= 0.3 is 0 Å². The Labute approximate surface area is 76.4 Å². The molecule has 0 N–H and O–H groups in total. The van der Waals surface area contributed by atoms with Crippen LogP contribution in [0, 0.1) is 0 Å². The molecule has 0 aliphatic rings. The first-order valence-electron chi connectivity index (χ1n) is 4.50. The van der Waals surface area contributed by atoms with Crippen molar-refractivity contribution in [2.45, 2.75) is 0 Å². The fourth-order valence-electron chi connectivity index (χ4n) is 0.892. The number of hydrogen-bond acceptors (Lipinski definition) is 2. The minimum absolute atomic E-state index is 0.499. The largest absolute Gasteiger partial charge is 0.248 e. The minimum Gasteiger partial charge on any atom is -0.248 e. The summed E-state index contributed by atoms with van der Waals surface area (Å²) >= 11 is 3.27. The molecule has 1 aromatic heterocycles. The first-order chi connectivity index (χ1) is 6.48. The van der Waals surface area contributed by atoms with Crippen LogP contribution in [0.3, 0.4) is 0 Å². The van der Waals surface area contributed by atoms with Gasteiger partial charge in [-0.2, -0.15) is 0 Å². The van der Waals surface area contributed by atoms with Gasteiger partial charge in [-0.05, 0) is 18.2 Å². The number of hydrogen-bond donors (Lipinski definition) is 0. The first kappa shape index (κ1) is 4.21. The van der Waals surface area contributed by atoms with Crippen molar-refractivity contribution in [2.24, 2.45) is 6.98 Å². The maximum atomic E-state index is 7.22. The Morgan fingerprint density at radius 3 is 3.36 bits per heavy atom. The molecule has 2 aromatic rings. The van der Waals surface area contributed by atoms with Gasteiger partial charge in [0, 0.05) is 15.6 Å². The van der Waals surface area contributed by atoms with Crippen molar-refractivity contribution in [1.82, 2.24) is 15.0 Å². The zero-order valence-electron chi connectivity index (χ0n) is 8.45. The maximum absolute atomic E-state index is 7.22. The minimum atomic E-state index is -2.28. The lowest BCUT2D eigenvalue weighted by atomic mass is 10.3. The molecule has 1 aromatic carbocycles. The van der Waals surface area contributed by atoms with Crippen molar-refractivity contribution in [3.63, 3.8) is 0 Å². The molecule has 0 bridgehead atoms. The smallest absolute Gasteiger partial charge is 0.113 e. The normalized spacial score (nSPS) is 15.9. The van der Waals surface area contributed by atoms with E-state index in [9.17, 15) is 0 Å². The third-order valence-electron chi connectivity index (χ3n) is 1.41. The summed E-state index contributed by atoms with van der Waals surface area (Å²) in [5.41, 5.74) is 1.07. The molecule has 0 aliphatic heterocycles. The summed E-state index contributed by atoms with van der Waals surface area (Å²) < 4.78 is 23.4. The van der Waals surface area contributed by atoms with E-state index in [1.807, 2.05) is 0 Å². The molecule has 3 nitrogen and oxygen atoms in total. The van der Waals surface area contributed by atoms with Crippen LogP contribution in [0.25, 0.3) is 11.0 Å². The zero-order chi connectivity index (χ0) is 10.3. The van der Waals surface area contributed by atoms with Crippen LogP contribution in [-0.4, -0.2) is 15.0 Å². The second-order valence-corrected chi connectivity index (χ2v) is 3.05. The van der Waals surface area contributed by atoms with Gasteiger partial charge in [-0.25, -0.2) is 4.68 Å². The molecule has 4 heteroatoms. The number of aromatic nitrogens is 3. The van der Waals surface area contributed by atoms with Gasteiger partial charge in [0.2, 0.25) is 0 Å². The van der Waals surface area contributed by atoms with Gasteiger partial charge in [0.15, 0.2) is 0 Å². The van der Waals surface area contributed by atoms with Crippen molar-refractivity contribution in [3.05, 3.63) is 22.7 Å². The lowest BCUT2D eigenvalue weighted by Gasteiger charge is -1.91. The number of halogens is 1. The van der Waals surface area contributed by atoms with Crippen LogP contribution >= 0.6 is 15.9 Å². The average Bonchev–Trinajstić information content (AvgIpc) is 2.45. The summed E-state index contributed by atoms with van der Waals surface area (Å²) in [6, 6.07) is 5.19. The Morgan fingerprint density at radius 2 is 2.55 bits per heavy atom. The highest BCUT2D eigenvalue weighted by Crippen LogP contribution is 2.16. The molecular weight excluding hydrogens is 206 g/mol. The van der Waals surface area contributed by atoms with Gasteiger partial charge in [0.05, 0.1) is 5.52 Å². The number of fused-ring (bicyclic) bond motifs is 1. The molecule has 0 amide bonds. The van der Waals surface area contributed by atoms with Crippen LogP contribution in [0.5, 0.6) is 0 Å². The summed E-state index contributed by atoms with van der Waals surface area (Å²) in [6.45, 7) is -2.28. The van der Waals surface area contributed by atoms with E-state index in [0.29, 0.717) is 11.0 Å². The zero-order valence-corrected chi connectivity index (χ0v) is 7.04. The molecule has 0 saturated heterocycles. The van der Waals surface area contributed by atoms with Gasteiger partial charge in [0.25, 0.3) is 0 Å². The Kier molecular flexibility index (Phi) is 0.881. The van der Waals surface area contributed by atoms with E-state index in [2.05, 4.69) is 26.2 Å². The SMILES string of the molecule is [2H]C([2H])([2H])n1nnc2ccc(Br)cc21. The highest BCUT2D eigenvalue weighted by molar-refractivity contribution is 9.10. The Hall–Kier alpha value is -0.900. The number of rotatable bonds is 0. The van der Waals surface area contributed by atoms with Crippen molar-refractivity contribution >= 4 is 27.0 Å². The summed E-state index contributed by atoms with van der Waals surface area (Å²) in [7, 11) is 0. The van der Waals surface area contributed by atoms with Crippen molar-refractivity contribution in [3.8, 4) is 0 Å². The monoisotopic (exact) mass is 214 g/mol. The third kappa shape index (κ3) is 1.03. The molecule has 0 aliphatic carbocycles. The maximum Gasteiger partial charge on any atom is 0.113 e. The fourth-order valence-corrected chi connectivity index (χ4v) is 1.24. The van der Waals surface area contributed by atoms with Gasteiger partial charge in [-0.3, -0.25) is 0 Å². The number of benzene rings is 1. The molecule has 0 unspecified atom stereocenters. The molecule has 2 rings (SSSR count). The molecule has 11 heavy (non-hydrogen) atoms. The number of aryl methyl sites for hydroxylation is 1. The van der Waals surface area contributed by atoms with E-state index in [1.165, 1.54) is 0 Å². The molecule has 0 saturated carbocycles. The first-order valence-corrected chi connectivity index (χ1v) is 3.79. The van der Waals surface area contributed by atoms with Gasteiger partial charge in [-0.1, -0.05) is 21.1 Å². The van der Waals surface area contributed by atoms with Crippen LogP contribution in [0.2, 0.25) is 0 Å². The van der Waals surface area contributed by atoms with Crippen LogP contribution < -0.4 is 0 Å². The van der Waals surface area contributed by atoms with Crippen LogP contribution in [0.15, 0.2) is 22.7 Å². The lowest BCUT2D eigenvalue weighted by molar-refractivity contribution is 0.736. The van der Waals surface area contributed by atoms with E-state index in [-0.39, 0.29) is 0 Å². The van der Waals surface area contributed by atoms with Crippen molar-refractivity contribution in [2.75, 3.05) is 0 Å². The molecular formula is C7H6BrN3. The third-order valence-corrected chi connectivity index (χ3v) is 1.90. The topological polar surface area (TPSA) is 30.7 Å². The van der Waals surface area contributed by atoms with Crippen molar-refractivity contribution < 1.29 is 4.11 Å². The second-order valence-electron chi connectivity index (χ2n) is 2.13. The predicted octanol–water partition coefficient (Wildman–Crippen LogP) is 1.73. The average molecular weight is 215 g/mol. The summed E-state index contributed by atoms with van der Waals surface area (Å²) in [5.74, 6) is 0. The summed E-state index contributed by atoms with van der Waals surface area (Å²) in [4.78, 5) is 0. The van der Waals surface area contributed by atoms with Crippen LogP contribution in [-0.2, 0) is 6.98 Å². The van der Waals surface area contributed by atoms with E-state index >= 15 is 0 Å². The van der Waals surface area contributed by atoms with E-state index < -0.39 is 6.98 Å². The van der Waals surface area contributed by atoms with Gasteiger partial charge in [0.1, 0.15) is 5.52 Å². The quantitative estimate of drug-likeness (QED) is 0.669. The van der Waals surface area contributed by atoms with E-state index in [4.69, 9.17) is 4.11 Å². The molecule has 0 atom stereocenters. The van der Waals surface area contributed by atoms with E-state index in [1.54, 1.807) is 18.2 Å². The van der Waals surface area contributed by atoms with Gasteiger partial charge < -0.3 is 0 Å². The Morgan fingerprint density at radius 1 is 1.64 bits per heavy atom. The molecule has 0 spiro atoms. The lowest BCUT2D eigenvalue weighted by Crippen LogP contribution is -1.88. The number of nitrogens with zero attached hydrogens (tertiary/aromatic N) is 3. The molecule has 0 fully saturated rings. The highest BCUT2D eigenvalue weighted by Gasteiger charge is 1.99. The summed E-state index contributed by atoms with van der Waals surface area (Å²) in [6.07, 6.45) is 0. The Bertz CT molecular complexity index is 476. The Balaban J connectivity index is 2.73. The van der Waals surface area contributed by atoms with E-state index in [0.717, 1.165) is 9.15 Å². The second kappa shape index (κ2) is 2.30. The van der Waals surface area contributed by atoms with Crippen LogP contribution in [0.4, 0.5) is 0 Å². The fraction of sp³-hybridized carbons (Fsp3) is 0.143. The highest BCUT2D eigenvalue weighted by atomic mass is 79.9. The molecule has 56 valence electrons. The summed E-state index contributed by atoms with van der Waals surface area (Å²) in [5, 5.41) is 7.35. The standard InChI is InChI=1S/C7H6BrN3/c1-11-7-4-5(8)2-3-6(7)9-10-11/h2-4H,1H3/i1D3.